The van der Waals surface area contributed by atoms with Gasteiger partial charge in [0.2, 0.25) is 0 Å². The fourth-order valence-corrected chi connectivity index (χ4v) is 3.31. The molecule has 0 N–H and O–H groups in total. The van der Waals surface area contributed by atoms with Gasteiger partial charge in [0.1, 0.15) is 11.8 Å². The second-order valence-corrected chi connectivity index (χ2v) is 5.87. The summed E-state index contributed by atoms with van der Waals surface area (Å²) in [5, 5.41) is 6.25. The van der Waals surface area contributed by atoms with E-state index in [2.05, 4.69) is 46.8 Å². The molecular weight excluding hydrogens is 268 g/mol. The molecule has 0 aliphatic heterocycles. The SMILES string of the molecule is Cc1ccc2nsc(Cc3ccc4nocc4c3)c2c1. The number of hydrogen-bond donors (Lipinski definition) is 0. The second-order valence-electron chi connectivity index (χ2n) is 5.01. The van der Waals surface area contributed by atoms with Gasteiger partial charge < -0.3 is 4.52 Å². The maximum atomic E-state index is 4.98. The van der Waals surface area contributed by atoms with Gasteiger partial charge >= 0.3 is 0 Å². The molecule has 3 nitrogen and oxygen atoms in total. The summed E-state index contributed by atoms with van der Waals surface area (Å²) in [5.41, 5.74) is 4.52. The van der Waals surface area contributed by atoms with Gasteiger partial charge in [-0.2, -0.15) is 4.37 Å². The lowest BCUT2D eigenvalue weighted by Gasteiger charge is -2.00. The third-order valence-electron chi connectivity index (χ3n) is 3.49. The van der Waals surface area contributed by atoms with Crippen LogP contribution in [0.4, 0.5) is 0 Å². The van der Waals surface area contributed by atoms with Crippen LogP contribution in [0.15, 0.2) is 47.2 Å². The van der Waals surface area contributed by atoms with Crippen molar-refractivity contribution in [3.8, 4) is 0 Å². The van der Waals surface area contributed by atoms with Crippen molar-refractivity contribution in [2.75, 3.05) is 0 Å². The molecule has 2 aromatic carbocycles. The van der Waals surface area contributed by atoms with E-state index in [1.165, 1.54) is 21.4 Å². The largest absolute Gasteiger partial charge is 0.364 e. The van der Waals surface area contributed by atoms with Crippen molar-refractivity contribution in [3.63, 3.8) is 0 Å². The van der Waals surface area contributed by atoms with Gasteiger partial charge in [0.05, 0.1) is 5.52 Å². The van der Waals surface area contributed by atoms with Gasteiger partial charge in [-0.1, -0.05) is 22.9 Å². The maximum Gasteiger partial charge on any atom is 0.131 e. The van der Waals surface area contributed by atoms with Crippen LogP contribution >= 0.6 is 11.5 Å². The zero-order chi connectivity index (χ0) is 13.5. The summed E-state index contributed by atoms with van der Waals surface area (Å²) in [6.45, 7) is 2.12. The van der Waals surface area contributed by atoms with Gasteiger partial charge in [-0.3, -0.25) is 0 Å². The highest BCUT2D eigenvalue weighted by atomic mass is 32.1. The highest BCUT2D eigenvalue weighted by molar-refractivity contribution is 7.07. The molecule has 98 valence electrons. The van der Waals surface area contributed by atoms with Gasteiger partial charge in [-0.05, 0) is 48.3 Å². The molecule has 0 amide bonds. The standard InChI is InChI=1S/C16H12N2OS/c1-10-2-4-15-13(6-10)16(20-18-15)8-11-3-5-14-12(7-11)9-19-17-14/h2-7,9H,8H2,1H3. The van der Waals surface area contributed by atoms with Gasteiger partial charge in [0.25, 0.3) is 0 Å². The summed E-state index contributed by atoms with van der Waals surface area (Å²) in [4.78, 5) is 1.31. The summed E-state index contributed by atoms with van der Waals surface area (Å²) >= 11 is 1.58. The van der Waals surface area contributed by atoms with E-state index < -0.39 is 0 Å². The number of fused-ring (bicyclic) bond motifs is 2. The molecule has 0 spiro atoms. The number of hydrogen-bond acceptors (Lipinski definition) is 4. The fourth-order valence-electron chi connectivity index (χ4n) is 2.45. The van der Waals surface area contributed by atoms with Crippen LogP contribution in [0.3, 0.4) is 0 Å². The van der Waals surface area contributed by atoms with Crippen LogP contribution in [0, 0.1) is 6.92 Å². The Kier molecular flexibility index (Phi) is 2.57. The number of rotatable bonds is 2. The molecule has 0 radical (unpaired) electrons. The van der Waals surface area contributed by atoms with Crippen LogP contribution in [0.1, 0.15) is 16.0 Å². The molecule has 0 bridgehead atoms. The highest BCUT2D eigenvalue weighted by Crippen LogP contribution is 2.26. The van der Waals surface area contributed by atoms with E-state index in [0.29, 0.717) is 0 Å². The molecule has 2 heterocycles. The van der Waals surface area contributed by atoms with E-state index in [4.69, 9.17) is 4.52 Å². The van der Waals surface area contributed by atoms with Crippen molar-refractivity contribution in [2.45, 2.75) is 13.3 Å². The Morgan fingerprint density at radius 2 is 2.00 bits per heavy atom. The van der Waals surface area contributed by atoms with Gasteiger partial charge in [-0.15, -0.1) is 0 Å². The van der Waals surface area contributed by atoms with Gasteiger partial charge in [-0.25, -0.2) is 0 Å². The topological polar surface area (TPSA) is 38.9 Å². The fraction of sp³-hybridized carbons (Fsp3) is 0.125. The average Bonchev–Trinajstić information content (AvgIpc) is 3.05. The summed E-state index contributed by atoms with van der Waals surface area (Å²) in [6, 6.07) is 12.6. The van der Waals surface area contributed by atoms with E-state index in [9.17, 15) is 0 Å². The van der Waals surface area contributed by atoms with E-state index in [1.807, 2.05) is 6.07 Å². The first-order valence-electron chi connectivity index (χ1n) is 6.47. The maximum absolute atomic E-state index is 4.98. The molecule has 0 unspecified atom stereocenters. The van der Waals surface area contributed by atoms with E-state index in [1.54, 1.807) is 17.8 Å². The van der Waals surface area contributed by atoms with Crippen molar-refractivity contribution in [1.29, 1.82) is 0 Å². The number of benzene rings is 2. The molecule has 0 aliphatic rings. The molecule has 0 saturated carbocycles. The first kappa shape index (κ1) is 11.6. The lowest BCUT2D eigenvalue weighted by atomic mass is 10.1. The van der Waals surface area contributed by atoms with Crippen molar-refractivity contribution in [1.82, 2.24) is 9.53 Å². The first-order valence-corrected chi connectivity index (χ1v) is 7.25. The second kappa shape index (κ2) is 4.42. The molecule has 0 fully saturated rings. The molecule has 2 aromatic heterocycles. The third kappa shape index (κ3) is 1.89. The summed E-state index contributed by atoms with van der Waals surface area (Å²) < 4.78 is 9.50. The molecular formula is C16H12N2OS. The minimum Gasteiger partial charge on any atom is -0.364 e. The third-order valence-corrected chi connectivity index (χ3v) is 4.37. The number of nitrogens with zero attached hydrogens (tertiary/aromatic N) is 2. The molecule has 4 rings (SSSR count). The van der Waals surface area contributed by atoms with Gasteiger partial charge in [0, 0.05) is 22.1 Å². The minimum absolute atomic E-state index is 0.895. The Morgan fingerprint density at radius 1 is 1.10 bits per heavy atom. The molecule has 4 aromatic rings. The molecule has 0 aliphatic carbocycles. The Labute approximate surface area is 120 Å². The van der Waals surface area contributed by atoms with Crippen LogP contribution in [-0.2, 0) is 6.42 Å². The van der Waals surface area contributed by atoms with Crippen LogP contribution in [0.5, 0.6) is 0 Å². The predicted octanol–water partition coefficient (Wildman–Crippen LogP) is 4.34. The molecule has 0 saturated heterocycles. The normalized spacial score (nSPS) is 11.4. The van der Waals surface area contributed by atoms with Gasteiger partial charge in [0.15, 0.2) is 0 Å². The van der Waals surface area contributed by atoms with Crippen molar-refractivity contribution in [2.24, 2.45) is 0 Å². The Bertz CT molecular complexity index is 907. The Balaban J connectivity index is 1.77. The van der Waals surface area contributed by atoms with Crippen LogP contribution in [0.25, 0.3) is 21.8 Å². The summed E-state index contributed by atoms with van der Waals surface area (Å²) in [6.07, 6.45) is 2.58. The van der Waals surface area contributed by atoms with E-state index >= 15 is 0 Å². The zero-order valence-electron chi connectivity index (χ0n) is 11.0. The number of aromatic nitrogens is 2. The van der Waals surface area contributed by atoms with Crippen LogP contribution in [-0.4, -0.2) is 9.53 Å². The van der Waals surface area contributed by atoms with E-state index in [-0.39, 0.29) is 0 Å². The monoisotopic (exact) mass is 280 g/mol. The highest BCUT2D eigenvalue weighted by Gasteiger charge is 2.08. The average molecular weight is 280 g/mol. The van der Waals surface area contributed by atoms with E-state index in [0.717, 1.165) is 22.8 Å². The van der Waals surface area contributed by atoms with Crippen molar-refractivity contribution < 1.29 is 4.52 Å². The predicted molar refractivity (Wildman–Crippen MR) is 81.2 cm³/mol. The molecule has 20 heavy (non-hydrogen) atoms. The quantitative estimate of drug-likeness (QED) is 0.548. The lowest BCUT2D eigenvalue weighted by molar-refractivity contribution is 0.428. The zero-order valence-corrected chi connectivity index (χ0v) is 11.8. The lowest BCUT2D eigenvalue weighted by Crippen LogP contribution is -1.85. The molecule has 4 heteroatoms. The summed E-state index contributed by atoms with van der Waals surface area (Å²) in [7, 11) is 0. The smallest absolute Gasteiger partial charge is 0.131 e. The molecule has 0 atom stereocenters. The van der Waals surface area contributed by atoms with Crippen molar-refractivity contribution in [3.05, 3.63) is 58.7 Å². The Hall–Kier alpha value is -2.20. The van der Waals surface area contributed by atoms with Crippen LogP contribution < -0.4 is 0 Å². The van der Waals surface area contributed by atoms with Crippen molar-refractivity contribution >= 4 is 33.3 Å². The summed E-state index contributed by atoms with van der Waals surface area (Å²) in [5.74, 6) is 0. The van der Waals surface area contributed by atoms with Crippen LogP contribution in [0.2, 0.25) is 0 Å². The Morgan fingerprint density at radius 3 is 2.95 bits per heavy atom. The number of aryl methyl sites for hydroxylation is 1. The first-order chi connectivity index (χ1) is 9.79. The minimum atomic E-state index is 0.895.